The second kappa shape index (κ2) is 7.98. The molecule has 0 aromatic carbocycles. The molecule has 10 N–H and O–H groups in total. The summed E-state index contributed by atoms with van der Waals surface area (Å²) in [6.07, 6.45) is -11.0. The Kier molecular flexibility index (Phi) is 6.56. The first-order valence-electron chi connectivity index (χ1n) is 8.10. The molecule has 2 aliphatic rings. The highest BCUT2D eigenvalue weighted by molar-refractivity contribution is 5.73. The van der Waals surface area contributed by atoms with E-state index in [1.807, 2.05) is 0 Å². The van der Waals surface area contributed by atoms with Gasteiger partial charge in [0.05, 0.1) is 19.3 Å². The predicted octanol–water partition coefficient (Wildman–Crippen LogP) is -5.90. The minimum Gasteiger partial charge on any atom is -0.394 e. The quantitative estimate of drug-likeness (QED) is 0.223. The molecule has 0 bridgehead atoms. The number of aliphatic hydroxyl groups is 7. The monoisotopic (exact) mass is 382 g/mol. The van der Waals surface area contributed by atoms with Crippen molar-refractivity contribution in [3.63, 3.8) is 0 Å². The summed E-state index contributed by atoms with van der Waals surface area (Å²) in [4.78, 5) is 11.5. The van der Waals surface area contributed by atoms with E-state index in [4.69, 9.17) is 15.2 Å². The van der Waals surface area contributed by atoms with Gasteiger partial charge in [0.1, 0.15) is 48.8 Å². The molecule has 2 rings (SSSR count). The Morgan fingerprint density at radius 1 is 1.04 bits per heavy atom. The summed E-state index contributed by atoms with van der Waals surface area (Å²) in [5, 5.41) is 72.2. The highest BCUT2D eigenvalue weighted by atomic mass is 16.7. The van der Waals surface area contributed by atoms with Crippen molar-refractivity contribution in [2.45, 2.75) is 67.5 Å². The van der Waals surface area contributed by atoms with Crippen molar-refractivity contribution in [3.8, 4) is 0 Å². The molecule has 2 saturated heterocycles. The number of hydrogen-bond donors (Lipinski definition) is 9. The van der Waals surface area contributed by atoms with E-state index < -0.39 is 79.7 Å². The SMILES string of the molecule is CC(=O)N[C@@H]1[C@@H](O)[C@H](O)[C@@H](CO)OC1(O)C1O[C@H](CO)[C@@H](O)[C@H](O)[C@H]1N. The number of nitrogens with two attached hydrogens (primary N) is 1. The molecule has 0 spiro atoms. The van der Waals surface area contributed by atoms with Crippen LogP contribution in [0.15, 0.2) is 0 Å². The number of ether oxygens (including phenoxy) is 2. The fourth-order valence-electron chi connectivity index (χ4n) is 3.35. The summed E-state index contributed by atoms with van der Waals surface area (Å²) in [6, 6.07) is -3.09. The van der Waals surface area contributed by atoms with Crippen molar-refractivity contribution in [1.82, 2.24) is 5.32 Å². The first-order valence-corrected chi connectivity index (χ1v) is 8.10. The Morgan fingerprint density at radius 2 is 1.58 bits per heavy atom. The van der Waals surface area contributed by atoms with Crippen LogP contribution >= 0.6 is 0 Å². The van der Waals surface area contributed by atoms with Gasteiger partial charge in [0.2, 0.25) is 11.7 Å². The van der Waals surface area contributed by atoms with Crippen LogP contribution in [-0.4, -0.2) is 115 Å². The second-order valence-corrected chi connectivity index (χ2v) is 6.59. The standard InChI is InChI=1S/C14H26N2O10/c1-4(19)16-12-11(23)9(21)6(3-18)26-14(12,24)13-7(15)10(22)8(20)5(2-17)25-13/h5-13,17-18,20-24H,2-3,15H2,1H3,(H,16,19)/t5-,6-,7-,8-,9-,10-,11+,12-,13?,14?/m1/s1. The highest BCUT2D eigenvalue weighted by Gasteiger charge is 2.62. The molecule has 26 heavy (non-hydrogen) atoms. The van der Waals surface area contributed by atoms with Crippen LogP contribution in [0.2, 0.25) is 0 Å². The van der Waals surface area contributed by atoms with Gasteiger partial charge < -0.3 is 56.3 Å². The summed E-state index contributed by atoms with van der Waals surface area (Å²) >= 11 is 0. The number of aliphatic hydroxyl groups excluding tert-OH is 6. The second-order valence-electron chi connectivity index (χ2n) is 6.59. The molecule has 0 radical (unpaired) electrons. The van der Waals surface area contributed by atoms with Crippen LogP contribution in [0.1, 0.15) is 6.92 Å². The molecular formula is C14H26N2O10. The molecule has 2 aliphatic heterocycles. The average Bonchev–Trinajstić information content (AvgIpc) is 2.60. The van der Waals surface area contributed by atoms with Crippen molar-refractivity contribution in [1.29, 1.82) is 0 Å². The van der Waals surface area contributed by atoms with E-state index in [1.165, 1.54) is 0 Å². The molecule has 2 heterocycles. The van der Waals surface area contributed by atoms with Gasteiger partial charge in [-0.15, -0.1) is 0 Å². The molecule has 12 heteroatoms. The van der Waals surface area contributed by atoms with Crippen LogP contribution in [-0.2, 0) is 14.3 Å². The fraction of sp³-hybridized carbons (Fsp3) is 0.929. The number of carbonyl (C=O) groups is 1. The van der Waals surface area contributed by atoms with Gasteiger partial charge in [-0.1, -0.05) is 0 Å². The number of nitrogens with one attached hydrogen (secondary N) is 1. The first-order chi connectivity index (χ1) is 12.1. The topological polar surface area (TPSA) is 215 Å². The maximum absolute atomic E-state index is 11.5. The van der Waals surface area contributed by atoms with E-state index >= 15 is 0 Å². The molecule has 0 saturated carbocycles. The molecule has 2 unspecified atom stereocenters. The Labute approximate surface area is 148 Å². The highest BCUT2D eigenvalue weighted by Crippen LogP contribution is 2.36. The summed E-state index contributed by atoms with van der Waals surface area (Å²) in [6.45, 7) is -0.421. The van der Waals surface area contributed by atoms with Crippen LogP contribution in [0.25, 0.3) is 0 Å². The third-order valence-electron chi connectivity index (χ3n) is 4.78. The Hall–Kier alpha value is -0.930. The van der Waals surface area contributed by atoms with Crippen molar-refractivity contribution >= 4 is 5.91 Å². The molecule has 1 amide bonds. The van der Waals surface area contributed by atoms with Gasteiger partial charge in [-0.05, 0) is 0 Å². The minimum absolute atomic E-state index is 0.686. The third kappa shape index (κ3) is 3.57. The molecule has 12 nitrogen and oxygen atoms in total. The van der Waals surface area contributed by atoms with Crippen LogP contribution in [0, 0.1) is 0 Å². The van der Waals surface area contributed by atoms with Gasteiger partial charge in [0.15, 0.2) is 0 Å². The van der Waals surface area contributed by atoms with Gasteiger partial charge in [-0.3, -0.25) is 4.79 Å². The summed E-state index contributed by atoms with van der Waals surface area (Å²) < 4.78 is 10.7. The van der Waals surface area contributed by atoms with E-state index in [0.29, 0.717) is 0 Å². The zero-order valence-electron chi connectivity index (χ0n) is 14.0. The molecular weight excluding hydrogens is 356 g/mol. The summed E-state index contributed by atoms with van der Waals surface area (Å²) in [5.74, 6) is -3.28. The van der Waals surface area contributed by atoms with Crippen molar-refractivity contribution in [2.24, 2.45) is 5.73 Å². The van der Waals surface area contributed by atoms with Gasteiger partial charge in [-0.2, -0.15) is 0 Å². The summed E-state index contributed by atoms with van der Waals surface area (Å²) in [7, 11) is 0. The zero-order valence-corrected chi connectivity index (χ0v) is 14.0. The number of carbonyl (C=O) groups excluding carboxylic acids is 1. The van der Waals surface area contributed by atoms with Gasteiger partial charge in [0, 0.05) is 6.92 Å². The van der Waals surface area contributed by atoms with Gasteiger partial charge >= 0.3 is 0 Å². The van der Waals surface area contributed by atoms with Gasteiger partial charge in [-0.25, -0.2) is 0 Å². The number of amides is 1. The molecule has 2 fully saturated rings. The lowest BCUT2D eigenvalue weighted by atomic mass is 9.81. The average molecular weight is 382 g/mol. The molecule has 152 valence electrons. The molecule has 0 aliphatic carbocycles. The lowest BCUT2D eigenvalue weighted by Gasteiger charge is -2.54. The van der Waals surface area contributed by atoms with Crippen molar-refractivity contribution in [3.05, 3.63) is 0 Å². The Balaban J connectivity index is 2.43. The maximum Gasteiger partial charge on any atom is 0.218 e. The Bertz CT molecular complexity index is 508. The Morgan fingerprint density at radius 3 is 2.08 bits per heavy atom. The maximum atomic E-state index is 11.5. The fourth-order valence-corrected chi connectivity index (χ4v) is 3.35. The lowest BCUT2D eigenvalue weighted by Crippen LogP contribution is -2.79. The predicted molar refractivity (Wildman–Crippen MR) is 82.3 cm³/mol. The number of hydrogen-bond acceptors (Lipinski definition) is 11. The normalized spacial score (nSPS) is 49.7. The van der Waals surface area contributed by atoms with E-state index in [2.05, 4.69) is 5.32 Å². The van der Waals surface area contributed by atoms with E-state index in [1.54, 1.807) is 0 Å². The van der Waals surface area contributed by atoms with Crippen molar-refractivity contribution in [2.75, 3.05) is 13.2 Å². The van der Waals surface area contributed by atoms with Crippen LogP contribution < -0.4 is 11.1 Å². The number of rotatable bonds is 4. The largest absolute Gasteiger partial charge is 0.394 e. The lowest BCUT2D eigenvalue weighted by molar-refractivity contribution is -0.373. The molecule has 10 atom stereocenters. The van der Waals surface area contributed by atoms with Crippen LogP contribution in [0.5, 0.6) is 0 Å². The van der Waals surface area contributed by atoms with E-state index in [-0.39, 0.29) is 0 Å². The van der Waals surface area contributed by atoms with Crippen LogP contribution in [0.4, 0.5) is 0 Å². The zero-order chi connectivity index (χ0) is 19.8. The summed E-state index contributed by atoms with van der Waals surface area (Å²) in [5.41, 5.74) is 5.83. The minimum atomic E-state index is -2.59. The van der Waals surface area contributed by atoms with E-state index in [0.717, 1.165) is 6.92 Å². The van der Waals surface area contributed by atoms with Crippen LogP contribution in [0.3, 0.4) is 0 Å². The molecule has 0 aromatic heterocycles. The van der Waals surface area contributed by atoms with Gasteiger partial charge in [0.25, 0.3) is 0 Å². The molecule has 0 aromatic rings. The van der Waals surface area contributed by atoms with Crippen molar-refractivity contribution < 1.29 is 50.0 Å². The first kappa shape index (κ1) is 21.4. The smallest absolute Gasteiger partial charge is 0.218 e. The third-order valence-corrected chi connectivity index (χ3v) is 4.78. The van der Waals surface area contributed by atoms with E-state index in [9.17, 15) is 40.5 Å².